The van der Waals surface area contributed by atoms with Gasteiger partial charge in [0.15, 0.2) is 5.96 Å². The first kappa shape index (κ1) is 44.5. The van der Waals surface area contributed by atoms with E-state index in [-0.39, 0.29) is 44.1 Å². The number of carbonyl (C=O) groups excluding carboxylic acids is 5. The van der Waals surface area contributed by atoms with Crippen LogP contribution in [0.2, 0.25) is 0 Å². The number of aliphatic hydroxyl groups is 1. The van der Waals surface area contributed by atoms with E-state index in [0.29, 0.717) is 0 Å². The molecule has 0 aromatic carbocycles. The van der Waals surface area contributed by atoms with E-state index in [1.165, 1.54) is 0 Å². The maximum Gasteiger partial charge on any atom is 0.326 e. The fourth-order valence-corrected chi connectivity index (χ4v) is 4.46. The van der Waals surface area contributed by atoms with Gasteiger partial charge in [-0.25, -0.2) is 4.79 Å². The maximum atomic E-state index is 13.5. The highest BCUT2D eigenvalue weighted by Crippen LogP contribution is 2.11. The van der Waals surface area contributed by atoms with Crippen LogP contribution in [0.1, 0.15) is 73.6 Å². The molecular weight excluding hydrogens is 646 g/mol. The molecule has 0 saturated heterocycles. The molecular formula is C30H55N9O10. The van der Waals surface area contributed by atoms with Gasteiger partial charge in [0.05, 0.1) is 6.61 Å². The highest BCUT2D eigenvalue weighted by atomic mass is 16.4. The first-order valence-electron chi connectivity index (χ1n) is 16.1. The lowest BCUT2D eigenvalue weighted by atomic mass is 9.97. The van der Waals surface area contributed by atoms with Crippen molar-refractivity contribution in [1.82, 2.24) is 26.6 Å². The molecule has 5 amide bonds. The Hall–Kier alpha value is -4.52. The fourth-order valence-electron chi connectivity index (χ4n) is 4.46. The van der Waals surface area contributed by atoms with Crippen molar-refractivity contribution in [2.45, 2.75) is 110 Å². The summed E-state index contributed by atoms with van der Waals surface area (Å²) in [5.74, 6) is -7.87. The number of carboxylic acid groups (broad SMARTS) is 2. The minimum atomic E-state index is -1.51. The number of nitrogens with two attached hydrogens (primary N) is 3. The molecule has 19 nitrogen and oxygen atoms in total. The van der Waals surface area contributed by atoms with Crippen LogP contribution >= 0.6 is 0 Å². The van der Waals surface area contributed by atoms with Crippen molar-refractivity contribution in [2.24, 2.45) is 39.9 Å². The molecule has 0 rings (SSSR count). The first-order chi connectivity index (χ1) is 22.7. The molecule has 0 aromatic heterocycles. The molecule has 280 valence electrons. The first-order valence-corrected chi connectivity index (χ1v) is 16.1. The number of nitrogens with zero attached hydrogens (tertiary/aromatic N) is 1. The van der Waals surface area contributed by atoms with E-state index in [0.717, 1.165) is 0 Å². The number of carboxylic acids is 2. The molecule has 0 bridgehead atoms. The van der Waals surface area contributed by atoms with Crippen LogP contribution in [0.4, 0.5) is 0 Å². The molecule has 0 saturated carbocycles. The van der Waals surface area contributed by atoms with Crippen LogP contribution in [0.25, 0.3) is 0 Å². The Kier molecular flexibility index (Phi) is 20.1. The largest absolute Gasteiger partial charge is 0.481 e. The van der Waals surface area contributed by atoms with Crippen LogP contribution in [0.15, 0.2) is 4.99 Å². The van der Waals surface area contributed by atoms with Gasteiger partial charge in [-0.1, -0.05) is 41.5 Å². The molecule has 0 unspecified atom stereocenters. The SMILES string of the molecule is CC(C)C[C@H](NC(=O)[C@@H](NC(=O)[C@@H](NC(=O)[C@H](CCCN=C(N)N)NC(=O)[C@@H](N)CO)C(C)C)C(C)C)C(=O)N[C@@H](CCC(=O)O)C(=O)O. The average Bonchev–Trinajstić information content (AvgIpc) is 2.99. The van der Waals surface area contributed by atoms with Crippen LogP contribution in [0.5, 0.6) is 0 Å². The Labute approximate surface area is 286 Å². The zero-order chi connectivity index (χ0) is 38.0. The molecule has 0 fully saturated rings. The van der Waals surface area contributed by atoms with Gasteiger partial charge in [0.1, 0.15) is 36.3 Å². The molecule has 6 atom stereocenters. The number of guanidine groups is 1. The lowest BCUT2D eigenvalue weighted by Crippen LogP contribution is -2.61. The third-order valence-corrected chi connectivity index (χ3v) is 7.21. The van der Waals surface area contributed by atoms with Crippen LogP contribution in [-0.4, -0.2) is 112 Å². The summed E-state index contributed by atoms with van der Waals surface area (Å²) in [6.45, 7) is 9.60. The summed E-state index contributed by atoms with van der Waals surface area (Å²) in [4.78, 5) is 92.3. The number of aliphatic hydroxyl groups excluding tert-OH is 1. The van der Waals surface area contributed by atoms with Gasteiger partial charge < -0.3 is 59.1 Å². The lowest BCUT2D eigenvalue weighted by molar-refractivity contribution is -0.143. The number of carbonyl (C=O) groups is 7. The smallest absolute Gasteiger partial charge is 0.326 e. The van der Waals surface area contributed by atoms with Gasteiger partial charge in [-0.15, -0.1) is 0 Å². The normalized spacial score (nSPS) is 14.8. The number of aliphatic imine (C=N–C) groups is 1. The molecule has 14 N–H and O–H groups in total. The Bertz CT molecular complexity index is 1170. The zero-order valence-electron chi connectivity index (χ0n) is 29.0. The second kappa shape index (κ2) is 22.2. The van der Waals surface area contributed by atoms with Gasteiger partial charge in [0.2, 0.25) is 29.5 Å². The minimum Gasteiger partial charge on any atom is -0.481 e. The average molecular weight is 702 g/mol. The topological polar surface area (TPSA) is 331 Å². The summed E-state index contributed by atoms with van der Waals surface area (Å²) in [5.41, 5.74) is 16.3. The van der Waals surface area contributed by atoms with E-state index in [1.807, 2.05) is 0 Å². The molecule has 49 heavy (non-hydrogen) atoms. The van der Waals surface area contributed by atoms with Crippen molar-refractivity contribution < 1.29 is 48.9 Å². The van der Waals surface area contributed by atoms with Gasteiger partial charge >= 0.3 is 11.9 Å². The highest BCUT2D eigenvalue weighted by Gasteiger charge is 2.35. The second-order valence-corrected chi connectivity index (χ2v) is 12.8. The maximum absolute atomic E-state index is 13.5. The van der Waals surface area contributed by atoms with Crippen molar-refractivity contribution in [1.29, 1.82) is 0 Å². The summed E-state index contributed by atoms with van der Waals surface area (Å²) in [6, 6.07) is -7.60. The third-order valence-electron chi connectivity index (χ3n) is 7.21. The van der Waals surface area contributed by atoms with E-state index < -0.39 is 103 Å². The predicted octanol–water partition coefficient (Wildman–Crippen LogP) is -2.91. The van der Waals surface area contributed by atoms with Crippen LogP contribution in [0.3, 0.4) is 0 Å². The molecule has 0 aromatic rings. The molecule has 0 aliphatic heterocycles. The Balaban J connectivity index is 5.99. The number of hydrogen-bond acceptors (Lipinski definition) is 10. The molecule has 0 radical (unpaired) electrons. The standard InChI is InChI=1S/C30H55N9O10/c1-14(2)12-20(26(45)36-19(29(48)49)9-10-21(41)42)37-27(46)22(15(3)4)39-28(47)23(16(5)6)38-25(44)18(8-7-11-34-30(32)33)35-24(43)17(31)13-40/h14-20,22-23,40H,7-13,31H2,1-6H3,(H,35,43)(H,36,45)(H,37,46)(H,38,44)(H,39,47)(H,41,42)(H,48,49)(H4,32,33,34)/t17-,18-,19-,20-,22-,23-/m0/s1. The van der Waals surface area contributed by atoms with Gasteiger partial charge in [-0.05, 0) is 43.4 Å². The number of amides is 5. The van der Waals surface area contributed by atoms with Crippen molar-refractivity contribution in [3.8, 4) is 0 Å². The van der Waals surface area contributed by atoms with Crippen molar-refractivity contribution in [3.05, 3.63) is 0 Å². The van der Waals surface area contributed by atoms with Gasteiger partial charge in [0, 0.05) is 13.0 Å². The third kappa shape index (κ3) is 17.4. The highest BCUT2D eigenvalue weighted by molar-refractivity contribution is 5.96. The number of rotatable bonds is 23. The molecule has 0 spiro atoms. The van der Waals surface area contributed by atoms with E-state index in [2.05, 4.69) is 31.6 Å². The quantitative estimate of drug-likeness (QED) is 0.0289. The summed E-state index contributed by atoms with van der Waals surface area (Å²) in [5, 5.41) is 40.2. The molecule has 0 aliphatic rings. The summed E-state index contributed by atoms with van der Waals surface area (Å²) in [6.07, 6.45) is -0.469. The Morgan fingerprint density at radius 2 is 1.12 bits per heavy atom. The Morgan fingerprint density at radius 3 is 1.57 bits per heavy atom. The van der Waals surface area contributed by atoms with Crippen LogP contribution < -0.4 is 43.8 Å². The van der Waals surface area contributed by atoms with Gasteiger partial charge in [0.25, 0.3) is 0 Å². The summed E-state index contributed by atoms with van der Waals surface area (Å²) >= 11 is 0. The van der Waals surface area contributed by atoms with Crippen LogP contribution in [0, 0.1) is 17.8 Å². The molecule has 0 aliphatic carbocycles. The van der Waals surface area contributed by atoms with Gasteiger partial charge in [-0.2, -0.15) is 0 Å². The van der Waals surface area contributed by atoms with E-state index in [9.17, 15) is 43.8 Å². The molecule has 19 heteroatoms. The lowest BCUT2D eigenvalue weighted by Gasteiger charge is -2.30. The molecule has 0 heterocycles. The van der Waals surface area contributed by atoms with Crippen molar-refractivity contribution >= 4 is 47.4 Å². The van der Waals surface area contributed by atoms with Crippen LogP contribution in [-0.2, 0) is 33.6 Å². The van der Waals surface area contributed by atoms with Gasteiger partial charge in [-0.3, -0.25) is 33.8 Å². The number of nitrogens with one attached hydrogen (secondary N) is 5. The monoisotopic (exact) mass is 701 g/mol. The zero-order valence-corrected chi connectivity index (χ0v) is 29.0. The van der Waals surface area contributed by atoms with Crippen molar-refractivity contribution in [2.75, 3.05) is 13.2 Å². The number of aliphatic carboxylic acids is 2. The fraction of sp³-hybridized carbons (Fsp3) is 0.733. The van der Waals surface area contributed by atoms with Crippen molar-refractivity contribution in [3.63, 3.8) is 0 Å². The van der Waals surface area contributed by atoms with E-state index >= 15 is 0 Å². The number of hydrogen-bond donors (Lipinski definition) is 11. The second-order valence-electron chi connectivity index (χ2n) is 12.8. The van der Waals surface area contributed by atoms with E-state index in [4.69, 9.17) is 22.3 Å². The summed E-state index contributed by atoms with van der Waals surface area (Å²) < 4.78 is 0. The predicted molar refractivity (Wildman–Crippen MR) is 178 cm³/mol. The summed E-state index contributed by atoms with van der Waals surface area (Å²) in [7, 11) is 0. The minimum absolute atomic E-state index is 0.0499. The van der Waals surface area contributed by atoms with E-state index in [1.54, 1.807) is 41.5 Å². The Morgan fingerprint density at radius 1 is 0.653 bits per heavy atom.